The zero-order valence-corrected chi connectivity index (χ0v) is 13.2. The Balaban J connectivity index is 1.52. The van der Waals surface area contributed by atoms with Crippen molar-refractivity contribution in [3.8, 4) is 0 Å². The van der Waals surface area contributed by atoms with E-state index in [2.05, 4.69) is 35.9 Å². The van der Waals surface area contributed by atoms with Crippen LogP contribution in [0.5, 0.6) is 0 Å². The number of ether oxygens (including phenoxy) is 2. The minimum Gasteiger partial charge on any atom is -0.348 e. The van der Waals surface area contributed by atoms with E-state index in [1.165, 1.54) is 0 Å². The standard InChI is InChI=1S/C15H25N3O3/c1-11(2)14-16-13(17-21-14)10-18(3)12-4-6-15(7-5-12)19-8-9-20-15/h11-12H,4-10H2,1-3H3. The minimum atomic E-state index is -0.283. The van der Waals surface area contributed by atoms with Gasteiger partial charge in [0.05, 0.1) is 19.8 Å². The summed E-state index contributed by atoms with van der Waals surface area (Å²) >= 11 is 0. The maximum Gasteiger partial charge on any atom is 0.229 e. The number of hydrogen-bond acceptors (Lipinski definition) is 6. The van der Waals surface area contributed by atoms with Crippen LogP contribution in [0.15, 0.2) is 4.52 Å². The summed E-state index contributed by atoms with van der Waals surface area (Å²) in [5.41, 5.74) is 0. The fraction of sp³-hybridized carbons (Fsp3) is 0.867. The number of rotatable bonds is 4. The maximum atomic E-state index is 5.78. The second-order valence-corrected chi connectivity index (χ2v) is 6.46. The molecule has 2 heterocycles. The molecule has 2 fully saturated rings. The number of hydrogen-bond donors (Lipinski definition) is 0. The molecule has 1 aromatic heterocycles. The van der Waals surface area contributed by atoms with Crippen LogP contribution < -0.4 is 0 Å². The van der Waals surface area contributed by atoms with E-state index in [1.54, 1.807) is 0 Å². The van der Waals surface area contributed by atoms with Gasteiger partial charge in [-0.2, -0.15) is 4.98 Å². The van der Waals surface area contributed by atoms with Gasteiger partial charge in [-0.05, 0) is 19.9 Å². The monoisotopic (exact) mass is 295 g/mol. The molecule has 0 bridgehead atoms. The second kappa shape index (κ2) is 6.02. The summed E-state index contributed by atoms with van der Waals surface area (Å²) in [6.07, 6.45) is 4.13. The summed E-state index contributed by atoms with van der Waals surface area (Å²) in [4.78, 5) is 6.76. The van der Waals surface area contributed by atoms with Gasteiger partial charge in [-0.3, -0.25) is 4.90 Å². The molecule has 6 heteroatoms. The number of aromatic nitrogens is 2. The van der Waals surface area contributed by atoms with Gasteiger partial charge >= 0.3 is 0 Å². The normalized spacial score (nSPS) is 22.7. The quantitative estimate of drug-likeness (QED) is 0.849. The van der Waals surface area contributed by atoms with Gasteiger partial charge < -0.3 is 14.0 Å². The third-order valence-corrected chi connectivity index (χ3v) is 4.52. The molecule has 1 saturated carbocycles. The van der Waals surface area contributed by atoms with Crippen molar-refractivity contribution in [3.05, 3.63) is 11.7 Å². The molecule has 21 heavy (non-hydrogen) atoms. The van der Waals surface area contributed by atoms with Gasteiger partial charge in [0, 0.05) is 24.8 Å². The third kappa shape index (κ3) is 3.27. The predicted molar refractivity (Wildman–Crippen MR) is 76.7 cm³/mol. The summed E-state index contributed by atoms with van der Waals surface area (Å²) in [7, 11) is 2.13. The molecule has 1 saturated heterocycles. The van der Waals surface area contributed by atoms with Gasteiger partial charge in [-0.1, -0.05) is 19.0 Å². The lowest BCUT2D eigenvalue weighted by molar-refractivity contribution is -0.183. The Bertz CT molecular complexity index is 458. The van der Waals surface area contributed by atoms with E-state index in [-0.39, 0.29) is 11.7 Å². The van der Waals surface area contributed by atoms with Crippen LogP contribution in [0.4, 0.5) is 0 Å². The Morgan fingerprint density at radius 1 is 1.24 bits per heavy atom. The number of nitrogens with zero attached hydrogens (tertiary/aromatic N) is 3. The molecule has 0 N–H and O–H groups in total. The average Bonchev–Trinajstić information content (AvgIpc) is 3.10. The highest BCUT2D eigenvalue weighted by Crippen LogP contribution is 2.37. The van der Waals surface area contributed by atoms with Crippen molar-refractivity contribution in [1.82, 2.24) is 15.0 Å². The van der Waals surface area contributed by atoms with E-state index >= 15 is 0 Å². The van der Waals surface area contributed by atoms with Gasteiger partial charge in [-0.25, -0.2) is 0 Å². The average molecular weight is 295 g/mol. The highest BCUT2D eigenvalue weighted by atomic mass is 16.7. The van der Waals surface area contributed by atoms with Crippen molar-refractivity contribution in [1.29, 1.82) is 0 Å². The molecule has 6 nitrogen and oxygen atoms in total. The molecule has 0 aromatic carbocycles. The first-order valence-corrected chi connectivity index (χ1v) is 7.89. The molecule has 2 aliphatic rings. The van der Waals surface area contributed by atoms with Crippen LogP contribution in [-0.4, -0.2) is 47.1 Å². The summed E-state index contributed by atoms with van der Waals surface area (Å²) in [6.45, 7) is 6.32. The first-order valence-electron chi connectivity index (χ1n) is 7.89. The first kappa shape index (κ1) is 14.9. The van der Waals surface area contributed by atoms with E-state index in [1.807, 2.05) is 0 Å². The summed E-state index contributed by atoms with van der Waals surface area (Å²) in [6, 6.07) is 0.532. The molecule has 1 aromatic rings. The Morgan fingerprint density at radius 2 is 1.90 bits per heavy atom. The Kier molecular flexibility index (Phi) is 4.28. The zero-order chi connectivity index (χ0) is 14.9. The lowest BCUT2D eigenvalue weighted by atomic mass is 9.89. The Hall–Kier alpha value is -0.980. The smallest absolute Gasteiger partial charge is 0.229 e. The van der Waals surface area contributed by atoms with Gasteiger partial charge in [0.1, 0.15) is 0 Å². The molecule has 0 amide bonds. The highest BCUT2D eigenvalue weighted by Gasteiger charge is 2.41. The molecule has 1 aliphatic heterocycles. The molecule has 3 rings (SSSR count). The van der Waals surface area contributed by atoms with Crippen LogP contribution in [0.2, 0.25) is 0 Å². The van der Waals surface area contributed by atoms with Gasteiger partial charge in [0.2, 0.25) is 5.89 Å². The zero-order valence-electron chi connectivity index (χ0n) is 13.2. The molecule has 0 radical (unpaired) electrons. The van der Waals surface area contributed by atoms with Gasteiger partial charge in [0.15, 0.2) is 11.6 Å². The van der Waals surface area contributed by atoms with Crippen LogP contribution >= 0.6 is 0 Å². The topological polar surface area (TPSA) is 60.6 Å². The van der Waals surface area contributed by atoms with Gasteiger partial charge in [0.25, 0.3) is 0 Å². The third-order valence-electron chi connectivity index (χ3n) is 4.52. The predicted octanol–water partition coefficient (Wildman–Crippen LogP) is 2.31. The fourth-order valence-corrected chi connectivity index (χ4v) is 3.19. The summed E-state index contributed by atoms with van der Waals surface area (Å²) in [5.74, 6) is 1.49. The lowest BCUT2D eigenvalue weighted by Crippen LogP contribution is -2.42. The van der Waals surface area contributed by atoms with Crippen molar-refractivity contribution in [2.24, 2.45) is 0 Å². The molecule has 1 spiro atoms. The molecule has 1 aliphatic carbocycles. The van der Waals surface area contributed by atoms with Crippen LogP contribution in [0.25, 0.3) is 0 Å². The highest BCUT2D eigenvalue weighted by molar-refractivity contribution is 4.92. The lowest BCUT2D eigenvalue weighted by Gasteiger charge is -2.38. The second-order valence-electron chi connectivity index (χ2n) is 6.46. The fourth-order valence-electron chi connectivity index (χ4n) is 3.19. The van der Waals surface area contributed by atoms with E-state index in [4.69, 9.17) is 14.0 Å². The first-order chi connectivity index (χ1) is 10.1. The summed E-state index contributed by atoms with van der Waals surface area (Å²) in [5, 5.41) is 4.07. The molecule has 0 atom stereocenters. The van der Waals surface area contributed by atoms with E-state index in [9.17, 15) is 0 Å². The van der Waals surface area contributed by atoms with Crippen molar-refractivity contribution >= 4 is 0 Å². The van der Waals surface area contributed by atoms with Crippen LogP contribution in [0.1, 0.15) is 57.2 Å². The molecular formula is C15H25N3O3. The molecular weight excluding hydrogens is 270 g/mol. The Labute approximate surface area is 125 Å². The SMILES string of the molecule is CC(C)c1nc(CN(C)C2CCC3(CC2)OCCO3)no1. The van der Waals surface area contributed by atoms with Crippen molar-refractivity contribution in [3.63, 3.8) is 0 Å². The molecule has 0 unspecified atom stereocenters. The largest absolute Gasteiger partial charge is 0.348 e. The maximum absolute atomic E-state index is 5.78. The van der Waals surface area contributed by atoms with Crippen molar-refractivity contribution < 1.29 is 14.0 Å². The van der Waals surface area contributed by atoms with E-state index < -0.39 is 0 Å². The van der Waals surface area contributed by atoms with Crippen molar-refractivity contribution in [2.75, 3.05) is 20.3 Å². The molecule has 118 valence electrons. The Morgan fingerprint density at radius 3 is 2.48 bits per heavy atom. The van der Waals surface area contributed by atoms with Gasteiger partial charge in [-0.15, -0.1) is 0 Å². The van der Waals surface area contributed by atoms with Crippen LogP contribution in [0, 0.1) is 0 Å². The van der Waals surface area contributed by atoms with Crippen LogP contribution in [-0.2, 0) is 16.0 Å². The van der Waals surface area contributed by atoms with E-state index in [0.717, 1.165) is 51.3 Å². The van der Waals surface area contributed by atoms with E-state index in [0.29, 0.717) is 11.9 Å². The minimum absolute atomic E-state index is 0.280. The summed E-state index contributed by atoms with van der Waals surface area (Å²) < 4.78 is 16.8. The van der Waals surface area contributed by atoms with Crippen LogP contribution in [0.3, 0.4) is 0 Å². The van der Waals surface area contributed by atoms with Crippen molar-refractivity contribution in [2.45, 2.75) is 63.8 Å².